The Morgan fingerprint density at radius 2 is 0.866 bits per heavy atom. The monoisotopic (exact) mass is 1790 g/mol. The average molecular weight is 1790 g/mol. The molecule has 3 aromatic heterocycles. The number of hydrogen-bond acceptors (Lipinski definition) is 25. The van der Waals surface area contributed by atoms with Crippen LogP contribution in [-0.2, 0) is 101 Å². The summed E-state index contributed by atoms with van der Waals surface area (Å²) in [5.74, 6) is -2.39. The molecule has 5 saturated heterocycles. The maximum atomic E-state index is 13.7. The number of ether oxygens (including phenoxy) is 4. The number of Topliss-reactive ketones (excluding diaryl/α,β-unsaturated/α-hetero) is 2. The van der Waals surface area contributed by atoms with Gasteiger partial charge in [-0.15, -0.1) is 0 Å². The van der Waals surface area contributed by atoms with Gasteiger partial charge in [-0.3, -0.25) is 90.5 Å². The molecule has 3 unspecified atom stereocenters. The number of imidazole rings is 3. The number of fused-ring (bicyclic) bond motifs is 3. The third-order valence-corrected chi connectivity index (χ3v) is 24.3. The van der Waals surface area contributed by atoms with Gasteiger partial charge in [0.1, 0.15) is 34.5 Å². The lowest BCUT2D eigenvalue weighted by Crippen LogP contribution is -2.49. The van der Waals surface area contributed by atoms with Gasteiger partial charge in [-0.1, -0.05) is 24.3 Å². The molecule has 688 valence electrons. The van der Waals surface area contributed by atoms with Crippen molar-refractivity contribution in [2.24, 2.45) is 21.1 Å². The molecule has 1 saturated carbocycles. The summed E-state index contributed by atoms with van der Waals surface area (Å²) < 4.78 is 92.1. The highest BCUT2D eigenvalue weighted by Gasteiger charge is 2.51. The van der Waals surface area contributed by atoms with Crippen molar-refractivity contribution >= 4 is 113 Å². The molecule has 1 aliphatic carbocycles. The van der Waals surface area contributed by atoms with Crippen LogP contribution < -0.4 is 41.2 Å². The predicted molar refractivity (Wildman–Crippen MR) is 468 cm³/mol. The molecule has 0 bridgehead atoms. The number of amides is 4. The topological polar surface area (TPSA) is 372 Å². The first kappa shape index (κ1) is 96.2. The van der Waals surface area contributed by atoms with Gasteiger partial charge in [0.05, 0.1) is 72.9 Å². The molecule has 2 N–H and O–H groups in total. The Morgan fingerprint density at radius 1 is 0.472 bits per heavy atom. The van der Waals surface area contributed by atoms with Crippen LogP contribution in [0.1, 0.15) is 148 Å². The number of alkyl halides is 3. The number of hydrogen-bond donors (Lipinski definition) is 2. The smallest absolute Gasteiger partial charge is 0.497 e. The van der Waals surface area contributed by atoms with Gasteiger partial charge in [0, 0.05) is 155 Å². The molecule has 34 nitrogen and oxygen atoms in total. The summed E-state index contributed by atoms with van der Waals surface area (Å²) in [4.78, 5) is 166. The summed E-state index contributed by atoms with van der Waals surface area (Å²) in [6, 6.07) is 30.1. The van der Waals surface area contributed by atoms with Crippen LogP contribution in [0.5, 0.6) is 11.5 Å². The Bertz CT molecular complexity index is 5620. The number of ketones is 2. The van der Waals surface area contributed by atoms with Crippen LogP contribution >= 0.6 is 0 Å². The van der Waals surface area contributed by atoms with E-state index >= 15 is 0 Å². The third kappa shape index (κ3) is 24.7. The number of aromatic nitrogens is 6. The normalized spacial score (nSPS) is 18.5. The first-order valence-corrected chi connectivity index (χ1v) is 44.1. The van der Waals surface area contributed by atoms with E-state index < -0.39 is 69.2 Å². The lowest BCUT2D eigenvalue weighted by molar-refractivity contribution is -0.156. The van der Waals surface area contributed by atoms with Crippen LogP contribution in [0.3, 0.4) is 0 Å². The van der Waals surface area contributed by atoms with Crippen molar-refractivity contribution < 1.29 is 93.0 Å². The Morgan fingerprint density at radius 3 is 1.28 bits per heavy atom. The molecular weight excluding hydrogens is 1670 g/mol. The Labute approximate surface area is 733 Å². The number of aromatic amines is 1. The van der Waals surface area contributed by atoms with E-state index in [0.717, 1.165) is 161 Å². The molecule has 0 spiro atoms. The standard InChI is InChI=1S/C33H43N5O6.C22H28N4O5.C20H30N4O3.C14H14F3NO6S/c1-33(2,3)44-30(40)7-6-16-35-17-19-36(20-18-35)24-10-13-26-28(21-24)34(4)32(42)38(26)27-14-15-29(39)37(31(27)41)22-23-8-11-25(43-5)12-9-23;1-23-19-13-15(25-11-9-24(10-12-25)8-2-3-21(29)30)4-6-17(19)26(22(23)31)18-7-5-16(27)14-20(18)28;1-20(2,3)27-18(25)6-5-9-23-10-12-24(13-11-23)15-7-8-16-17(14-15)22(4)19(26)21-16;1-23-10-4-2-9(3-5-10)8-18-12(19)7-6-11(13(18)20)24-25(21,22)14(15,16)17/h8-13,21,27H,6-7,14-20,22H2,1-5H3;4,6,13,18H,2-3,5,7-12,14H2,1H3,(H,29,30);7-8,14H,5-6,9-13H2,1-4H3,(H,21,26);2-5,11H,6-8H2,1H3. The maximum Gasteiger partial charge on any atom is 0.523 e. The van der Waals surface area contributed by atoms with Crippen molar-refractivity contribution in [3.63, 3.8) is 0 Å². The number of aryl methyl sites for hydroxylation is 3. The van der Waals surface area contributed by atoms with E-state index in [1.54, 1.807) is 87.5 Å². The highest BCUT2D eigenvalue weighted by molar-refractivity contribution is 7.87. The molecular formula is C89H115F3N14O20S. The van der Waals surface area contributed by atoms with Crippen LogP contribution in [-0.4, -0.2) is 254 Å². The maximum absolute atomic E-state index is 13.7. The van der Waals surface area contributed by atoms with Crippen molar-refractivity contribution in [2.45, 2.75) is 173 Å². The van der Waals surface area contributed by atoms with Gasteiger partial charge >= 0.3 is 50.6 Å². The van der Waals surface area contributed by atoms with Crippen molar-refractivity contribution in [3.8, 4) is 11.5 Å². The van der Waals surface area contributed by atoms with Gasteiger partial charge in [0.25, 0.3) is 11.8 Å². The predicted octanol–water partition coefficient (Wildman–Crippen LogP) is 8.36. The highest BCUT2D eigenvalue weighted by atomic mass is 32.2. The number of carbonyl (C=O) groups is 9. The first-order valence-electron chi connectivity index (χ1n) is 42.7. The van der Waals surface area contributed by atoms with Gasteiger partial charge in [-0.2, -0.15) is 21.6 Å². The van der Waals surface area contributed by atoms with E-state index in [4.69, 9.17) is 24.1 Å². The molecule has 8 aromatic rings. The second kappa shape index (κ2) is 41.5. The molecule has 8 heterocycles. The number of nitrogens with one attached hydrogen (secondary N) is 1. The number of H-pyrrole nitrogens is 1. The van der Waals surface area contributed by atoms with E-state index in [-0.39, 0.29) is 97.6 Å². The van der Waals surface area contributed by atoms with Crippen LogP contribution in [0.2, 0.25) is 0 Å². The first-order chi connectivity index (χ1) is 60.1. The van der Waals surface area contributed by atoms with Gasteiger partial charge < -0.3 is 43.7 Å². The lowest BCUT2D eigenvalue weighted by atomic mass is 9.93. The van der Waals surface area contributed by atoms with Crippen molar-refractivity contribution in [2.75, 3.05) is 127 Å². The van der Waals surface area contributed by atoms with Gasteiger partial charge in [-0.05, 0) is 190 Å². The fraction of sp³-hybridized carbons (Fsp3) is 0.528. The molecule has 14 rings (SSSR count). The fourth-order valence-electron chi connectivity index (χ4n) is 16.4. The number of likely N-dealkylation sites (tertiary alicyclic amines) is 2. The summed E-state index contributed by atoms with van der Waals surface area (Å²) in [6.45, 7) is 24.4. The molecule has 4 amide bonds. The summed E-state index contributed by atoms with van der Waals surface area (Å²) in [6.07, 6.45) is 1.77. The number of imide groups is 2. The molecule has 6 aliphatic rings. The number of halogens is 3. The Balaban J connectivity index is 0.000000169. The van der Waals surface area contributed by atoms with E-state index in [1.807, 2.05) is 96.1 Å². The minimum atomic E-state index is -5.93. The van der Waals surface area contributed by atoms with Crippen molar-refractivity contribution in [3.05, 3.63) is 146 Å². The lowest BCUT2D eigenvalue weighted by Gasteiger charge is -2.36. The number of methoxy groups -OCH3 is 2. The number of anilines is 3. The largest absolute Gasteiger partial charge is 0.523 e. The average Bonchev–Trinajstić information content (AvgIpc) is 1.61. The summed E-state index contributed by atoms with van der Waals surface area (Å²) in [5, 5.41) is 8.79. The molecule has 38 heteroatoms. The van der Waals surface area contributed by atoms with Crippen molar-refractivity contribution in [1.29, 1.82) is 0 Å². The number of nitrogens with zero attached hydrogens (tertiary/aromatic N) is 13. The van der Waals surface area contributed by atoms with E-state index in [0.29, 0.717) is 59.6 Å². The van der Waals surface area contributed by atoms with Crippen molar-refractivity contribution in [1.82, 2.24) is 52.3 Å². The van der Waals surface area contributed by atoms with E-state index in [9.17, 15) is 79.1 Å². The second-order valence-electron chi connectivity index (χ2n) is 34.5. The van der Waals surface area contributed by atoms with E-state index in [1.165, 1.54) is 12.0 Å². The number of esters is 2. The number of carbonyl (C=O) groups excluding carboxylic acids is 8. The van der Waals surface area contributed by atoms with Crippen LogP contribution in [0.15, 0.2) is 118 Å². The number of aliphatic carboxylic acids is 1. The molecule has 127 heavy (non-hydrogen) atoms. The highest BCUT2D eigenvalue weighted by Crippen LogP contribution is 2.35. The molecule has 3 atom stereocenters. The zero-order valence-electron chi connectivity index (χ0n) is 73.8. The minimum Gasteiger partial charge on any atom is -0.497 e. The zero-order chi connectivity index (χ0) is 92.1. The molecule has 5 aromatic carbocycles. The number of benzene rings is 5. The van der Waals surface area contributed by atoms with Crippen LogP contribution in [0, 0.1) is 0 Å². The second-order valence-corrected chi connectivity index (χ2v) is 36.0. The van der Waals surface area contributed by atoms with E-state index in [2.05, 4.69) is 50.7 Å². The quantitative estimate of drug-likeness (QED) is 0.0178. The van der Waals surface area contributed by atoms with Gasteiger partial charge in [-0.25, -0.2) is 18.6 Å². The minimum absolute atomic E-state index is 0.0566. The molecule has 6 fully saturated rings. The number of carboxylic acids is 1. The Hall–Kier alpha value is -11.5. The number of rotatable bonds is 25. The summed E-state index contributed by atoms with van der Waals surface area (Å²) in [5.41, 5.74) is 2.12. The summed E-state index contributed by atoms with van der Waals surface area (Å²) in [7, 11) is 2.33. The Kier molecular flexibility index (Phi) is 31.4. The van der Waals surface area contributed by atoms with Crippen LogP contribution in [0.4, 0.5) is 30.2 Å². The number of piperazine rings is 3. The molecule has 5 aliphatic heterocycles. The van der Waals surface area contributed by atoms with Gasteiger partial charge in [0.15, 0.2) is 11.9 Å². The van der Waals surface area contributed by atoms with Crippen LogP contribution in [0.25, 0.3) is 33.1 Å². The number of carboxylic acid groups (broad SMARTS) is 1. The molecule has 0 radical (unpaired) electrons. The third-order valence-electron chi connectivity index (χ3n) is 23.2. The number of piperidine rings is 2. The fourth-order valence-corrected chi connectivity index (χ4v) is 17.0. The summed E-state index contributed by atoms with van der Waals surface area (Å²) >= 11 is 0. The van der Waals surface area contributed by atoms with Gasteiger partial charge in [0.2, 0.25) is 11.8 Å². The zero-order valence-corrected chi connectivity index (χ0v) is 74.6. The SMILES string of the molecule is COc1ccc(CN2C(=O)CCC(OS(=O)(=O)C(F)(F)F)C2=O)cc1.COc1ccc(CN2C(=O)CCC(n3c(=O)n(C)c4cc(N5CCN(CCCC(=O)OC(C)(C)C)CC5)ccc43)C2=O)cc1.Cn1c(=O)[nH]c2ccc(N3CCN(CCCC(=O)OC(C)(C)C)CC3)cc21.Cn1c(=O)n(C2CCC(=O)CC2=O)c2ccc(N3CCN(CCCC(=O)O)CC3)cc21.